The molecule has 110 valence electrons. The quantitative estimate of drug-likeness (QED) is 0.902. The molecule has 0 spiro atoms. The van der Waals surface area contributed by atoms with Gasteiger partial charge in [0.2, 0.25) is 5.91 Å². The number of benzene rings is 2. The Morgan fingerprint density at radius 2 is 1.57 bits per heavy atom. The summed E-state index contributed by atoms with van der Waals surface area (Å²) in [6.45, 7) is 7.86. The summed E-state index contributed by atoms with van der Waals surface area (Å²) in [5.74, 6) is -0.392. The SMILES string of the molecule is Cc1ccc(NC(C)(C(N)=O)c2cc(C)ccc2C)cc1. The predicted octanol–water partition coefficient (Wildman–Crippen LogP) is 3.42. The zero-order chi connectivity index (χ0) is 15.6. The Labute approximate surface area is 126 Å². The molecule has 0 aliphatic carbocycles. The molecule has 0 saturated carbocycles. The second-order valence-corrected chi connectivity index (χ2v) is 5.80. The molecular formula is C18H22N2O. The Morgan fingerprint density at radius 3 is 2.14 bits per heavy atom. The van der Waals surface area contributed by atoms with Gasteiger partial charge in [-0.2, -0.15) is 0 Å². The number of amides is 1. The van der Waals surface area contributed by atoms with Gasteiger partial charge in [0, 0.05) is 5.69 Å². The first-order valence-electron chi connectivity index (χ1n) is 7.05. The first kappa shape index (κ1) is 15.1. The number of carbonyl (C=O) groups excluding carboxylic acids is 1. The molecule has 0 aromatic heterocycles. The third-order valence-electron chi connectivity index (χ3n) is 3.87. The van der Waals surface area contributed by atoms with Gasteiger partial charge in [-0.25, -0.2) is 0 Å². The molecule has 0 heterocycles. The summed E-state index contributed by atoms with van der Waals surface area (Å²) in [4.78, 5) is 12.1. The van der Waals surface area contributed by atoms with E-state index in [1.165, 1.54) is 5.56 Å². The van der Waals surface area contributed by atoms with Gasteiger partial charge in [-0.3, -0.25) is 4.79 Å². The lowest BCUT2D eigenvalue weighted by Crippen LogP contribution is -2.45. The van der Waals surface area contributed by atoms with E-state index in [9.17, 15) is 4.79 Å². The Morgan fingerprint density at radius 1 is 1.00 bits per heavy atom. The monoisotopic (exact) mass is 282 g/mol. The van der Waals surface area contributed by atoms with Crippen molar-refractivity contribution in [2.24, 2.45) is 5.73 Å². The lowest BCUT2D eigenvalue weighted by molar-refractivity contribution is -0.122. The molecular weight excluding hydrogens is 260 g/mol. The average Bonchev–Trinajstić information content (AvgIpc) is 2.43. The van der Waals surface area contributed by atoms with Gasteiger partial charge in [0.05, 0.1) is 0 Å². The minimum absolute atomic E-state index is 0.392. The number of hydrogen-bond acceptors (Lipinski definition) is 2. The standard InChI is InChI=1S/C18H22N2O/c1-12-6-9-15(10-7-12)20-18(4,17(19)21)16-11-13(2)5-8-14(16)3/h5-11,20H,1-4H3,(H2,19,21). The fraction of sp³-hybridized carbons (Fsp3) is 0.278. The van der Waals surface area contributed by atoms with Crippen LogP contribution in [0.25, 0.3) is 0 Å². The minimum atomic E-state index is -0.939. The van der Waals surface area contributed by atoms with Crippen LogP contribution in [0, 0.1) is 20.8 Å². The molecule has 0 radical (unpaired) electrons. The molecule has 3 heteroatoms. The van der Waals surface area contributed by atoms with Gasteiger partial charge in [-0.1, -0.05) is 41.5 Å². The maximum absolute atomic E-state index is 12.1. The first-order chi connectivity index (χ1) is 9.83. The molecule has 1 amide bonds. The summed E-state index contributed by atoms with van der Waals surface area (Å²) in [6.07, 6.45) is 0. The third-order valence-corrected chi connectivity index (χ3v) is 3.87. The van der Waals surface area contributed by atoms with Crippen LogP contribution < -0.4 is 11.1 Å². The molecule has 0 bridgehead atoms. The van der Waals surface area contributed by atoms with E-state index in [0.29, 0.717) is 0 Å². The molecule has 0 aliphatic rings. The summed E-state index contributed by atoms with van der Waals surface area (Å²) in [5, 5.41) is 3.29. The van der Waals surface area contributed by atoms with Crippen LogP contribution >= 0.6 is 0 Å². The second kappa shape index (κ2) is 5.60. The average molecular weight is 282 g/mol. The maximum Gasteiger partial charge on any atom is 0.247 e. The normalized spacial score (nSPS) is 13.5. The van der Waals surface area contributed by atoms with E-state index in [-0.39, 0.29) is 0 Å². The van der Waals surface area contributed by atoms with E-state index in [1.807, 2.05) is 70.2 Å². The van der Waals surface area contributed by atoms with Crippen LogP contribution in [0.5, 0.6) is 0 Å². The van der Waals surface area contributed by atoms with Gasteiger partial charge in [-0.15, -0.1) is 0 Å². The number of rotatable bonds is 4. The van der Waals surface area contributed by atoms with E-state index in [2.05, 4.69) is 5.32 Å². The number of primary amides is 1. The van der Waals surface area contributed by atoms with E-state index >= 15 is 0 Å². The lowest BCUT2D eigenvalue weighted by atomic mass is 9.86. The van der Waals surface area contributed by atoms with Crippen LogP contribution in [-0.2, 0) is 10.3 Å². The van der Waals surface area contributed by atoms with Crippen molar-refractivity contribution in [3.05, 3.63) is 64.7 Å². The highest BCUT2D eigenvalue weighted by Crippen LogP contribution is 2.29. The van der Waals surface area contributed by atoms with Crippen molar-refractivity contribution in [1.29, 1.82) is 0 Å². The summed E-state index contributed by atoms with van der Waals surface area (Å²) in [5.41, 5.74) is 9.87. The van der Waals surface area contributed by atoms with Crippen molar-refractivity contribution in [2.75, 3.05) is 5.32 Å². The van der Waals surface area contributed by atoms with Gasteiger partial charge in [0.25, 0.3) is 0 Å². The second-order valence-electron chi connectivity index (χ2n) is 5.80. The van der Waals surface area contributed by atoms with E-state index in [4.69, 9.17) is 5.73 Å². The fourth-order valence-corrected chi connectivity index (χ4v) is 2.46. The minimum Gasteiger partial charge on any atom is -0.368 e. The highest BCUT2D eigenvalue weighted by Gasteiger charge is 2.34. The summed E-state index contributed by atoms with van der Waals surface area (Å²) >= 11 is 0. The molecule has 0 fully saturated rings. The van der Waals surface area contributed by atoms with Crippen molar-refractivity contribution in [1.82, 2.24) is 0 Å². The molecule has 3 N–H and O–H groups in total. The first-order valence-corrected chi connectivity index (χ1v) is 7.05. The molecule has 1 unspecified atom stereocenters. The van der Waals surface area contributed by atoms with E-state index in [1.54, 1.807) is 0 Å². The van der Waals surface area contributed by atoms with E-state index < -0.39 is 11.4 Å². The van der Waals surface area contributed by atoms with Gasteiger partial charge in [0.1, 0.15) is 5.54 Å². The number of nitrogens with one attached hydrogen (secondary N) is 1. The number of carbonyl (C=O) groups is 1. The maximum atomic E-state index is 12.1. The van der Waals surface area contributed by atoms with Gasteiger partial charge >= 0.3 is 0 Å². The molecule has 0 aliphatic heterocycles. The van der Waals surface area contributed by atoms with E-state index in [0.717, 1.165) is 22.4 Å². The number of aryl methyl sites for hydroxylation is 3. The summed E-state index contributed by atoms with van der Waals surface area (Å²) in [6, 6.07) is 14.0. The molecule has 2 aromatic carbocycles. The smallest absolute Gasteiger partial charge is 0.247 e. The zero-order valence-electron chi connectivity index (χ0n) is 13.0. The van der Waals surface area contributed by atoms with Crippen molar-refractivity contribution < 1.29 is 4.79 Å². The third kappa shape index (κ3) is 3.07. The van der Waals surface area contributed by atoms with Crippen LogP contribution in [0.4, 0.5) is 5.69 Å². The van der Waals surface area contributed by atoms with Gasteiger partial charge < -0.3 is 11.1 Å². The number of hydrogen-bond donors (Lipinski definition) is 2. The summed E-state index contributed by atoms with van der Waals surface area (Å²) < 4.78 is 0. The van der Waals surface area contributed by atoms with Crippen molar-refractivity contribution in [3.8, 4) is 0 Å². The molecule has 2 aromatic rings. The Kier molecular flexibility index (Phi) is 4.03. The highest BCUT2D eigenvalue weighted by molar-refractivity contribution is 5.89. The molecule has 1 atom stereocenters. The van der Waals surface area contributed by atoms with Crippen LogP contribution in [-0.4, -0.2) is 5.91 Å². The van der Waals surface area contributed by atoms with Gasteiger partial charge in [-0.05, 0) is 51.0 Å². The zero-order valence-corrected chi connectivity index (χ0v) is 13.0. The highest BCUT2D eigenvalue weighted by atomic mass is 16.1. The predicted molar refractivity (Wildman–Crippen MR) is 87.3 cm³/mol. The molecule has 0 saturated heterocycles. The number of anilines is 1. The molecule has 3 nitrogen and oxygen atoms in total. The Balaban J connectivity index is 2.47. The van der Waals surface area contributed by atoms with Crippen molar-refractivity contribution in [2.45, 2.75) is 33.2 Å². The number of nitrogens with two attached hydrogens (primary N) is 1. The van der Waals surface area contributed by atoms with Crippen LogP contribution in [0.1, 0.15) is 29.2 Å². The van der Waals surface area contributed by atoms with Crippen molar-refractivity contribution in [3.63, 3.8) is 0 Å². The topological polar surface area (TPSA) is 55.1 Å². The largest absolute Gasteiger partial charge is 0.368 e. The molecule has 2 rings (SSSR count). The Bertz CT molecular complexity index is 661. The fourth-order valence-electron chi connectivity index (χ4n) is 2.46. The molecule has 21 heavy (non-hydrogen) atoms. The van der Waals surface area contributed by atoms with Crippen LogP contribution in [0.2, 0.25) is 0 Å². The Hall–Kier alpha value is -2.29. The summed E-state index contributed by atoms with van der Waals surface area (Å²) in [7, 11) is 0. The van der Waals surface area contributed by atoms with Gasteiger partial charge in [0.15, 0.2) is 0 Å². The lowest BCUT2D eigenvalue weighted by Gasteiger charge is -2.31. The van der Waals surface area contributed by atoms with Crippen LogP contribution in [0.3, 0.4) is 0 Å². The van der Waals surface area contributed by atoms with Crippen molar-refractivity contribution >= 4 is 11.6 Å². The van der Waals surface area contributed by atoms with Crippen LogP contribution in [0.15, 0.2) is 42.5 Å².